The summed E-state index contributed by atoms with van der Waals surface area (Å²) in [6.07, 6.45) is 4.61. The number of likely N-dealkylation sites (tertiary alicyclic amines) is 1. The molecule has 1 fully saturated rings. The standard InChI is InChI=1S/C16H18FNO3S/c17-13-6-4-12(5-7-13)10-14(16(20)21)22-11-15(19)18-8-2-1-3-9-18/h4-7,10H,1-3,8-9,11H2,(H,20,21)/b14-10+. The molecule has 1 aromatic rings. The molecule has 0 radical (unpaired) electrons. The minimum Gasteiger partial charge on any atom is -0.477 e. The van der Waals surface area contributed by atoms with Gasteiger partial charge in [-0.1, -0.05) is 12.1 Å². The van der Waals surface area contributed by atoms with Gasteiger partial charge in [-0.05, 0) is 43.0 Å². The van der Waals surface area contributed by atoms with E-state index in [-0.39, 0.29) is 22.4 Å². The molecule has 1 amide bonds. The minimum atomic E-state index is -1.08. The predicted octanol–water partition coefficient (Wildman–Crippen LogP) is 3.00. The lowest BCUT2D eigenvalue weighted by Crippen LogP contribution is -2.36. The Kier molecular flexibility index (Phi) is 6.00. The normalized spacial score (nSPS) is 15.7. The average Bonchev–Trinajstić information content (AvgIpc) is 2.53. The number of benzene rings is 1. The van der Waals surface area contributed by atoms with Crippen molar-refractivity contribution in [1.82, 2.24) is 4.90 Å². The Labute approximate surface area is 133 Å². The van der Waals surface area contributed by atoms with E-state index in [0.29, 0.717) is 5.56 Å². The summed E-state index contributed by atoms with van der Waals surface area (Å²) in [4.78, 5) is 25.2. The summed E-state index contributed by atoms with van der Waals surface area (Å²) >= 11 is 1.01. The van der Waals surface area contributed by atoms with Gasteiger partial charge in [-0.25, -0.2) is 9.18 Å². The quantitative estimate of drug-likeness (QED) is 0.846. The summed E-state index contributed by atoms with van der Waals surface area (Å²) < 4.78 is 12.9. The Bertz CT molecular complexity index is 565. The molecular weight excluding hydrogens is 305 g/mol. The number of carboxylic acid groups (broad SMARTS) is 1. The van der Waals surface area contributed by atoms with Crippen molar-refractivity contribution in [2.24, 2.45) is 0 Å². The highest BCUT2D eigenvalue weighted by Gasteiger charge is 2.18. The number of aliphatic carboxylic acids is 1. The van der Waals surface area contributed by atoms with Gasteiger partial charge < -0.3 is 10.0 Å². The predicted molar refractivity (Wildman–Crippen MR) is 84.9 cm³/mol. The fourth-order valence-electron chi connectivity index (χ4n) is 2.25. The SMILES string of the molecule is O=C(O)/C(=C\c1ccc(F)cc1)SCC(=O)N1CCCCC1. The number of piperidine rings is 1. The van der Waals surface area contributed by atoms with Crippen LogP contribution in [0.1, 0.15) is 24.8 Å². The highest BCUT2D eigenvalue weighted by Crippen LogP contribution is 2.21. The van der Waals surface area contributed by atoms with Crippen LogP contribution in [0, 0.1) is 5.82 Å². The third kappa shape index (κ3) is 4.87. The van der Waals surface area contributed by atoms with Gasteiger partial charge in [0.1, 0.15) is 5.82 Å². The molecule has 2 rings (SSSR count). The third-order valence-electron chi connectivity index (χ3n) is 3.44. The van der Waals surface area contributed by atoms with E-state index in [0.717, 1.165) is 44.1 Å². The first-order valence-electron chi connectivity index (χ1n) is 7.17. The van der Waals surface area contributed by atoms with Crippen LogP contribution in [0.4, 0.5) is 4.39 Å². The summed E-state index contributed by atoms with van der Waals surface area (Å²) in [6, 6.07) is 5.56. The topological polar surface area (TPSA) is 57.6 Å². The summed E-state index contributed by atoms with van der Waals surface area (Å²) in [5.41, 5.74) is 0.594. The molecule has 1 aromatic carbocycles. The molecule has 1 saturated heterocycles. The molecule has 118 valence electrons. The zero-order valence-electron chi connectivity index (χ0n) is 12.1. The summed E-state index contributed by atoms with van der Waals surface area (Å²) in [6.45, 7) is 1.51. The van der Waals surface area contributed by atoms with Crippen molar-refractivity contribution in [2.75, 3.05) is 18.8 Å². The summed E-state index contributed by atoms with van der Waals surface area (Å²) in [7, 11) is 0. The number of nitrogens with zero attached hydrogens (tertiary/aromatic N) is 1. The lowest BCUT2D eigenvalue weighted by Gasteiger charge is -2.26. The fourth-order valence-corrected chi connectivity index (χ4v) is 3.05. The number of halogens is 1. The number of carbonyl (C=O) groups excluding carboxylic acids is 1. The number of hydrogen-bond acceptors (Lipinski definition) is 3. The Balaban J connectivity index is 1.98. The van der Waals surface area contributed by atoms with Gasteiger partial charge in [0.2, 0.25) is 5.91 Å². The van der Waals surface area contributed by atoms with Crippen LogP contribution in [-0.2, 0) is 9.59 Å². The van der Waals surface area contributed by atoms with Gasteiger partial charge in [0, 0.05) is 13.1 Å². The van der Waals surface area contributed by atoms with E-state index in [1.165, 1.54) is 30.3 Å². The maximum absolute atomic E-state index is 12.9. The van der Waals surface area contributed by atoms with E-state index < -0.39 is 5.97 Å². The van der Waals surface area contributed by atoms with Gasteiger partial charge in [-0.3, -0.25) is 4.79 Å². The van der Waals surface area contributed by atoms with Crippen molar-refractivity contribution in [3.63, 3.8) is 0 Å². The largest absolute Gasteiger partial charge is 0.477 e. The molecule has 1 aliphatic heterocycles. The molecule has 4 nitrogen and oxygen atoms in total. The molecule has 22 heavy (non-hydrogen) atoms. The molecule has 0 saturated carbocycles. The number of amides is 1. The molecule has 1 N–H and O–H groups in total. The van der Waals surface area contributed by atoms with E-state index in [2.05, 4.69) is 0 Å². The molecule has 0 unspecified atom stereocenters. The average molecular weight is 323 g/mol. The van der Waals surface area contributed by atoms with Crippen LogP contribution in [0.15, 0.2) is 29.2 Å². The van der Waals surface area contributed by atoms with Crippen LogP contribution >= 0.6 is 11.8 Å². The second-order valence-corrected chi connectivity index (χ2v) is 6.11. The van der Waals surface area contributed by atoms with Crippen LogP contribution in [0.5, 0.6) is 0 Å². The van der Waals surface area contributed by atoms with E-state index in [1.807, 2.05) is 0 Å². The second kappa shape index (κ2) is 7.98. The Morgan fingerprint density at radius 1 is 1.18 bits per heavy atom. The van der Waals surface area contributed by atoms with Crippen LogP contribution in [0.25, 0.3) is 6.08 Å². The van der Waals surface area contributed by atoms with E-state index in [1.54, 1.807) is 4.90 Å². The fraction of sp³-hybridized carbons (Fsp3) is 0.375. The molecule has 0 atom stereocenters. The molecule has 0 bridgehead atoms. The van der Waals surface area contributed by atoms with Crippen LogP contribution < -0.4 is 0 Å². The van der Waals surface area contributed by atoms with Gasteiger partial charge in [0.05, 0.1) is 10.7 Å². The lowest BCUT2D eigenvalue weighted by atomic mass is 10.1. The third-order valence-corrected chi connectivity index (χ3v) is 4.43. The van der Waals surface area contributed by atoms with Gasteiger partial charge in [0.15, 0.2) is 0 Å². The van der Waals surface area contributed by atoms with Crippen LogP contribution in [0.3, 0.4) is 0 Å². The highest BCUT2D eigenvalue weighted by atomic mass is 32.2. The first kappa shape index (κ1) is 16.5. The van der Waals surface area contributed by atoms with Crippen molar-refractivity contribution in [1.29, 1.82) is 0 Å². The maximum atomic E-state index is 12.9. The van der Waals surface area contributed by atoms with Crippen molar-refractivity contribution in [2.45, 2.75) is 19.3 Å². The molecule has 0 aromatic heterocycles. The number of hydrogen-bond donors (Lipinski definition) is 1. The molecule has 1 aliphatic rings. The first-order chi connectivity index (χ1) is 10.6. The highest BCUT2D eigenvalue weighted by molar-refractivity contribution is 8.04. The summed E-state index contributed by atoms with van der Waals surface area (Å²) in [5, 5.41) is 9.22. The Morgan fingerprint density at radius 2 is 1.82 bits per heavy atom. The number of carbonyl (C=O) groups is 2. The van der Waals surface area contributed by atoms with Gasteiger partial charge in [-0.15, -0.1) is 11.8 Å². The molecule has 0 spiro atoms. The second-order valence-electron chi connectivity index (χ2n) is 5.10. The van der Waals surface area contributed by atoms with Crippen molar-refractivity contribution in [3.05, 3.63) is 40.6 Å². The van der Waals surface area contributed by atoms with Crippen molar-refractivity contribution >= 4 is 29.7 Å². The van der Waals surface area contributed by atoms with Gasteiger partial charge in [0.25, 0.3) is 0 Å². The monoisotopic (exact) mass is 323 g/mol. The zero-order valence-corrected chi connectivity index (χ0v) is 12.9. The van der Waals surface area contributed by atoms with Crippen molar-refractivity contribution < 1.29 is 19.1 Å². The molecule has 0 aliphatic carbocycles. The van der Waals surface area contributed by atoms with Gasteiger partial charge in [-0.2, -0.15) is 0 Å². The lowest BCUT2D eigenvalue weighted by molar-refractivity contribution is -0.131. The minimum absolute atomic E-state index is 0.0315. The Morgan fingerprint density at radius 3 is 2.41 bits per heavy atom. The molecular formula is C16H18FNO3S. The van der Waals surface area contributed by atoms with E-state index in [4.69, 9.17) is 0 Å². The molecule has 6 heteroatoms. The number of thioether (sulfide) groups is 1. The number of carboxylic acids is 1. The molecule has 1 heterocycles. The Hall–Kier alpha value is -1.82. The first-order valence-corrected chi connectivity index (χ1v) is 8.16. The maximum Gasteiger partial charge on any atom is 0.342 e. The van der Waals surface area contributed by atoms with Crippen molar-refractivity contribution in [3.8, 4) is 0 Å². The van der Waals surface area contributed by atoms with Gasteiger partial charge >= 0.3 is 5.97 Å². The smallest absolute Gasteiger partial charge is 0.342 e. The summed E-state index contributed by atoms with van der Waals surface area (Å²) in [5.74, 6) is -1.38. The zero-order chi connectivity index (χ0) is 15.9. The van der Waals surface area contributed by atoms with E-state index >= 15 is 0 Å². The van der Waals surface area contributed by atoms with Crippen LogP contribution in [0.2, 0.25) is 0 Å². The van der Waals surface area contributed by atoms with Crippen LogP contribution in [-0.4, -0.2) is 40.7 Å². The number of rotatable bonds is 5. The van der Waals surface area contributed by atoms with E-state index in [9.17, 15) is 19.1 Å².